The van der Waals surface area contributed by atoms with Crippen LogP contribution in [0.2, 0.25) is 0 Å². The lowest BCUT2D eigenvalue weighted by Gasteiger charge is -2.39. The number of benzene rings is 3. The molecule has 0 N–H and O–H groups in total. The summed E-state index contributed by atoms with van der Waals surface area (Å²) in [5, 5.41) is 0. The molecule has 4 aromatic rings. The zero-order valence-electron chi connectivity index (χ0n) is 20.9. The Hall–Kier alpha value is -3.76. The van der Waals surface area contributed by atoms with Crippen LogP contribution in [-0.2, 0) is 13.1 Å². The molecule has 0 spiro atoms. The molecule has 5 rings (SSSR count). The predicted molar refractivity (Wildman–Crippen MR) is 145 cm³/mol. The fraction of sp³-hybridized carbons (Fsp3) is 0.250. The molecule has 36 heavy (non-hydrogen) atoms. The molecule has 1 saturated heterocycles. The van der Waals surface area contributed by atoms with E-state index in [1.54, 1.807) is 6.20 Å². The van der Waals surface area contributed by atoms with E-state index in [1.807, 2.05) is 36.5 Å². The van der Waals surface area contributed by atoms with E-state index in [0.717, 1.165) is 54.7 Å². The molecule has 0 atom stereocenters. The summed E-state index contributed by atoms with van der Waals surface area (Å²) in [6.07, 6.45) is 5.64. The lowest BCUT2D eigenvalue weighted by atomic mass is 9.99. The first kappa shape index (κ1) is 24.0. The zero-order chi connectivity index (χ0) is 24.7. The van der Waals surface area contributed by atoms with Gasteiger partial charge < -0.3 is 4.90 Å². The second kappa shape index (κ2) is 11.3. The molecule has 1 aliphatic heterocycles. The number of rotatable bonds is 7. The number of pyridine rings is 1. The summed E-state index contributed by atoms with van der Waals surface area (Å²) in [6, 6.07) is 31.4. The normalized spacial score (nSPS) is 14.5. The Morgan fingerprint density at radius 1 is 0.833 bits per heavy atom. The van der Waals surface area contributed by atoms with Crippen LogP contribution in [0.25, 0.3) is 11.1 Å². The van der Waals surface area contributed by atoms with Crippen molar-refractivity contribution in [3.05, 3.63) is 126 Å². The standard InChI is InChI=1S/C32H33N3O/c1-25-9-13-29(14-10-25)32(36)35(24-27-11-15-28(16-12-27)30-8-5-19-33-22-30)31-17-20-34(21-18-31)23-26-6-3-2-4-7-26/h2-16,19,22,31H,17-18,20-21,23-24H2,1H3. The van der Waals surface area contributed by atoms with Crippen molar-refractivity contribution in [2.45, 2.75) is 38.9 Å². The van der Waals surface area contributed by atoms with Crippen molar-refractivity contribution in [2.24, 2.45) is 0 Å². The van der Waals surface area contributed by atoms with E-state index < -0.39 is 0 Å². The molecule has 182 valence electrons. The van der Waals surface area contributed by atoms with Gasteiger partial charge in [-0.25, -0.2) is 0 Å². The van der Waals surface area contributed by atoms with Crippen molar-refractivity contribution in [2.75, 3.05) is 13.1 Å². The summed E-state index contributed by atoms with van der Waals surface area (Å²) in [5.41, 5.74) is 6.66. The average Bonchev–Trinajstić information content (AvgIpc) is 2.94. The average molecular weight is 476 g/mol. The van der Waals surface area contributed by atoms with E-state index in [-0.39, 0.29) is 11.9 Å². The highest BCUT2D eigenvalue weighted by Crippen LogP contribution is 2.24. The number of carbonyl (C=O) groups is 1. The Labute approximate surface area is 214 Å². The second-order valence-electron chi connectivity index (χ2n) is 9.73. The molecule has 3 aromatic carbocycles. The fourth-order valence-electron chi connectivity index (χ4n) is 4.99. The number of aryl methyl sites for hydroxylation is 1. The van der Waals surface area contributed by atoms with Crippen LogP contribution in [0.3, 0.4) is 0 Å². The predicted octanol–water partition coefficient (Wildman–Crippen LogP) is 6.36. The number of hydrogen-bond acceptors (Lipinski definition) is 3. The first-order valence-corrected chi connectivity index (χ1v) is 12.8. The van der Waals surface area contributed by atoms with Gasteiger partial charge in [-0.15, -0.1) is 0 Å². The van der Waals surface area contributed by atoms with Gasteiger partial charge in [-0.2, -0.15) is 0 Å². The molecule has 0 unspecified atom stereocenters. The molecule has 0 radical (unpaired) electrons. The van der Waals surface area contributed by atoms with Gasteiger partial charge >= 0.3 is 0 Å². The zero-order valence-corrected chi connectivity index (χ0v) is 20.9. The Balaban J connectivity index is 1.32. The van der Waals surface area contributed by atoms with Gasteiger partial charge in [-0.3, -0.25) is 14.7 Å². The maximum Gasteiger partial charge on any atom is 0.254 e. The highest BCUT2D eigenvalue weighted by molar-refractivity contribution is 5.94. The molecule has 1 fully saturated rings. The van der Waals surface area contributed by atoms with Crippen LogP contribution < -0.4 is 0 Å². The summed E-state index contributed by atoms with van der Waals surface area (Å²) in [6.45, 7) is 5.63. The summed E-state index contributed by atoms with van der Waals surface area (Å²) in [7, 11) is 0. The van der Waals surface area contributed by atoms with E-state index in [2.05, 4.69) is 82.4 Å². The first-order valence-electron chi connectivity index (χ1n) is 12.8. The molecule has 0 bridgehead atoms. The van der Waals surface area contributed by atoms with Crippen molar-refractivity contribution in [3.63, 3.8) is 0 Å². The number of nitrogens with zero attached hydrogens (tertiary/aromatic N) is 3. The Bertz CT molecular complexity index is 1250. The van der Waals surface area contributed by atoms with Gasteiger partial charge in [0.15, 0.2) is 0 Å². The van der Waals surface area contributed by atoms with Gasteiger partial charge in [0.25, 0.3) is 5.91 Å². The molecule has 1 aliphatic rings. The SMILES string of the molecule is Cc1ccc(C(=O)N(Cc2ccc(-c3cccnc3)cc2)C2CCN(Cc3ccccc3)CC2)cc1. The van der Waals surface area contributed by atoms with Crippen LogP contribution >= 0.6 is 0 Å². The minimum atomic E-state index is 0.118. The maximum atomic E-state index is 13.7. The third kappa shape index (κ3) is 5.89. The van der Waals surface area contributed by atoms with Gasteiger partial charge in [0.1, 0.15) is 0 Å². The number of aromatic nitrogens is 1. The van der Waals surface area contributed by atoms with E-state index in [1.165, 1.54) is 11.1 Å². The summed E-state index contributed by atoms with van der Waals surface area (Å²) < 4.78 is 0. The quantitative estimate of drug-likeness (QED) is 0.312. The van der Waals surface area contributed by atoms with Gasteiger partial charge in [0, 0.05) is 50.2 Å². The topological polar surface area (TPSA) is 36.4 Å². The van der Waals surface area contributed by atoms with Crippen LogP contribution in [-0.4, -0.2) is 39.8 Å². The van der Waals surface area contributed by atoms with E-state index in [0.29, 0.717) is 6.54 Å². The largest absolute Gasteiger partial charge is 0.331 e. The number of carbonyl (C=O) groups excluding carboxylic acids is 1. The van der Waals surface area contributed by atoms with Crippen molar-refractivity contribution in [1.82, 2.24) is 14.8 Å². The fourth-order valence-corrected chi connectivity index (χ4v) is 4.99. The second-order valence-corrected chi connectivity index (χ2v) is 9.73. The molecule has 4 nitrogen and oxygen atoms in total. The number of likely N-dealkylation sites (tertiary alicyclic amines) is 1. The van der Waals surface area contributed by atoms with Gasteiger partial charge in [-0.05, 0) is 60.2 Å². The summed E-state index contributed by atoms with van der Waals surface area (Å²) in [5.74, 6) is 0.118. The summed E-state index contributed by atoms with van der Waals surface area (Å²) in [4.78, 5) is 22.6. The van der Waals surface area contributed by atoms with Crippen molar-refractivity contribution >= 4 is 5.91 Å². The smallest absolute Gasteiger partial charge is 0.254 e. The van der Waals surface area contributed by atoms with Crippen molar-refractivity contribution in [1.29, 1.82) is 0 Å². The minimum absolute atomic E-state index is 0.118. The van der Waals surface area contributed by atoms with Crippen LogP contribution in [0, 0.1) is 6.92 Å². The third-order valence-corrected chi connectivity index (χ3v) is 7.11. The van der Waals surface area contributed by atoms with Gasteiger partial charge in [0.2, 0.25) is 0 Å². The number of hydrogen-bond donors (Lipinski definition) is 0. The minimum Gasteiger partial charge on any atom is -0.331 e. The Morgan fingerprint density at radius 2 is 1.56 bits per heavy atom. The van der Waals surface area contributed by atoms with E-state index in [4.69, 9.17) is 0 Å². The highest BCUT2D eigenvalue weighted by atomic mass is 16.2. The molecular formula is C32H33N3O. The van der Waals surface area contributed by atoms with Crippen LogP contribution in [0.1, 0.15) is 39.9 Å². The van der Waals surface area contributed by atoms with E-state index in [9.17, 15) is 4.79 Å². The molecule has 4 heteroatoms. The van der Waals surface area contributed by atoms with Crippen LogP contribution in [0.15, 0.2) is 103 Å². The molecule has 0 saturated carbocycles. The number of piperidine rings is 1. The van der Waals surface area contributed by atoms with Crippen molar-refractivity contribution < 1.29 is 4.79 Å². The summed E-state index contributed by atoms with van der Waals surface area (Å²) >= 11 is 0. The molecule has 1 amide bonds. The third-order valence-electron chi connectivity index (χ3n) is 7.11. The monoisotopic (exact) mass is 475 g/mol. The first-order chi connectivity index (χ1) is 17.7. The molecule has 0 aliphatic carbocycles. The van der Waals surface area contributed by atoms with Crippen LogP contribution in [0.4, 0.5) is 0 Å². The van der Waals surface area contributed by atoms with E-state index >= 15 is 0 Å². The lowest BCUT2D eigenvalue weighted by molar-refractivity contribution is 0.0543. The molecular weight excluding hydrogens is 442 g/mol. The highest BCUT2D eigenvalue weighted by Gasteiger charge is 2.29. The van der Waals surface area contributed by atoms with Crippen LogP contribution in [0.5, 0.6) is 0 Å². The Kier molecular flexibility index (Phi) is 7.53. The van der Waals surface area contributed by atoms with Gasteiger partial charge in [-0.1, -0.05) is 78.4 Å². The lowest BCUT2D eigenvalue weighted by Crippen LogP contribution is -2.46. The van der Waals surface area contributed by atoms with Crippen molar-refractivity contribution in [3.8, 4) is 11.1 Å². The maximum absolute atomic E-state index is 13.7. The molecule has 1 aromatic heterocycles. The number of amides is 1. The van der Waals surface area contributed by atoms with Gasteiger partial charge in [0.05, 0.1) is 0 Å². The molecule has 2 heterocycles. The Morgan fingerprint density at radius 3 is 2.22 bits per heavy atom.